The molecule has 82 valence electrons. The molecule has 15 heavy (non-hydrogen) atoms. The summed E-state index contributed by atoms with van der Waals surface area (Å²) in [6.45, 7) is 7.00. The average molecular weight is 204 g/mol. The lowest BCUT2D eigenvalue weighted by Gasteiger charge is -2.39. The molecular formula is C13H21BO. The van der Waals surface area contributed by atoms with Gasteiger partial charge in [-0.05, 0) is 30.8 Å². The summed E-state index contributed by atoms with van der Waals surface area (Å²) in [7, 11) is 1.82. The fraction of sp³-hybridized carbons (Fsp3) is 0.692. The quantitative estimate of drug-likeness (QED) is 0.503. The van der Waals surface area contributed by atoms with Gasteiger partial charge in [0.2, 0.25) is 0 Å². The molecule has 2 rings (SSSR count). The Bertz CT molecular complexity index is 282. The Morgan fingerprint density at radius 3 is 3.00 bits per heavy atom. The van der Waals surface area contributed by atoms with Gasteiger partial charge in [0.05, 0.1) is 12.9 Å². The molecule has 0 aromatic rings. The maximum atomic E-state index is 5.49. The highest BCUT2D eigenvalue weighted by Gasteiger charge is 2.36. The molecule has 1 fully saturated rings. The Labute approximate surface area is 93.7 Å². The first kappa shape index (κ1) is 10.8. The number of hydrogen-bond donors (Lipinski definition) is 0. The van der Waals surface area contributed by atoms with Crippen molar-refractivity contribution in [1.82, 2.24) is 0 Å². The van der Waals surface area contributed by atoms with Crippen LogP contribution in [0.1, 0.15) is 19.8 Å². The molecule has 0 radical (unpaired) electrons. The van der Waals surface area contributed by atoms with Gasteiger partial charge in [0.25, 0.3) is 0 Å². The standard InChI is InChI=1S/C13H21BO/c1-4-5-14-8-11-6-12(9-14)10(2)13(7-11)15-3/h4,11-12H,1,5-9H2,2-3H3. The fourth-order valence-corrected chi connectivity index (χ4v) is 3.41. The third-order valence-corrected chi connectivity index (χ3v) is 4.18. The fourth-order valence-electron chi connectivity index (χ4n) is 3.41. The minimum Gasteiger partial charge on any atom is -0.501 e. The molecular weight excluding hydrogens is 183 g/mol. The second-order valence-electron chi connectivity index (χ2n) is 5.17. The number of rotatable bonds is 3. The van der Waals surface area contributed by atoms with E-state index in [2.05, 4.69) is 19.6 Å². The zero-order chi connectivity index (χ0) is 10.8. The zero-order valence-electron chi connectivity index (χ0n) is 9.96. The molecule has 2 bridgehead atoms. The summed E-state index contributed by atoms with van der Waals surface area (Å²) in [5, 5.41) is 0. The van der Waals surface area contributed by atoms with Crippen LogP contribution in [0.25, 0.3) is 0 Å². The van der Waals surface area contributed by atoms with Crippen LogP contribution in [0.2, 0.25) is 19.0 Å². The second kappa shape index (κ2) is 4.46. The van der Waals surface area contributed by atoms with E-state index < -0.39 is 0 Å². The summed E-state index contributed by atoms with van der Waals surface area (Å²) in [4.78, 5) is 0. The summed E-state index contributed by atoms with van der Waals surface area (Å²) in [5.74, 6) is 2.93. The van der Waals surface area contributed by atoms with Crippen LogP contribution in [-0.4, -0.2) is 13.8 Å². The maximum Gasteiger partial charge on any atom is 0.144 e. The van der Waals surface area contributed by atoms with Crippen molar-refractivity contribution in [2.45, 2.75) is 38.7 Å². The summed E-state index contributed by atoms with van der Waals surface area (Å²) in [6, 6.07) is 0. The van der Waals surface area contributed by atoms with Crippen molar-refractivity contribution < 1.29 is 4.74 Å². The molecule has 0 amide bonds. The minimum atomic E-state index is 0.789. The lowest BCUT2D eigenvalue weighted by Crippen LogP contribution is -2.32. The van der Waals surface area contributed by atoms with Crippen LogP contribution in [0.15, 0.2) is 24.0 Å². The summed E-state index contributed by atoms with van der Waals surface area (Å²) in [5.41, 5.74) is 1.52. The number of methoxy groups -OCH3 is 1. The topological polar surface area (TPSA) is 9.23 Å². The first-order chi connectivity index (χ1) is 7.24. The summed E-state index contributed by atoms with van der Waals surface area (Å²) < 4.78 is 5.49. The summed E-state index contributed by atoms with van der Waals surface area (Å²) in [6.07, 6.45) is 8.58. The van der Waals surface area contributed by atoms with Gasteiger partial charge in [-0.15, -0.1) is 6.58 Å². The highest BCUT2D eigenvalue weighted by Crippen LogP contribution is 2.44. The van der Waals surface area contributed by atoms with Gasteiger partial charge in [-0.1, -0.05) is 25.0 Å². The molecule has 2 heteroatoms. The SMILES string of the molecule is C=CCB1CC2CC(OC)=C(C)C(C1)C2. The molecule has 1 saturated heterocycles. The van der Waals surface area contributed by atoms with Gasteiger partial charge in [-0.2, -0.15) is 0 Å². The van der Waals surface area contributed by atoms with Crippen LogP contribution in [0.3, 0.4) is 0 Å². The van der Waals surface area contributed by atoms with Gasteiger partial charge < -0.3 is 4.74 Å². The van der Waals surface area contributed by atoms with E-state index in [0.29, 0.717) is 0 Å². The Kier molecular flexibility index (Phi) is 3.23. The van der Waals surface area contributed by atoms with E-state index in [1.165, 1.54) is 43.1 Å². The molecule has 0 saturated carbocycles. The van der Waals surface area contributed by atoms with Crippen LogP contribution in [0.4, 0.5) is 0 Å². The van der Waals surface area contributed by atoms with E-state index in [0.717, 1.165) is 18.5 Å². The molecule has 2 aliphatic rings. The third kappa shape index (κ3) is 2.14. The number of hydrogen-bond acceptors (Lipinski definition) is 1. The molecule has 0 aromatic carbocycles. The first-order valence-electron chi connectivity index (χ1n) is 6.09. The van der Waals surface area contributed by atoms with E-state index in [-0.39, 0.29) is 0 Å². The predicted octanol–water partition coefficient (Wildman–Crippen LogP) is 3.63. The molecule has 0 spiro atoms. The van der Waals surface area contributed by atoms with Gasteiger partial charge in [0.15, 0.2) is 0 Å². The van der Waals surface area contributed by atoms with Crippen LogP contribution in [0.5, 0.6) is 0 Å². The molecule has 1 nitrogen and oxygen atoms in total. The van der Waals surface area contributed by atoms with Crippen LogP contribution >= 0.6 is 0 Å². The van der Waals surface area contributed by atoms with Gasteiger partial charge in [0, 0.05) is 6.42 Å². The van der Waals surface area contributed by atoms with Crippen molar-refractivity contribution >= 4 is 6.71 Å². The lowest BCUT2D eigenvalue weighted by molar-refractivity contribution is 0.223. The predicted molar refractivity (Wildman–Crippen MR) is 66.3 cm³/mol. The van der Waals surface area contributed by atoms with Crippen molar-refractivity contribution in [3.63, 3.8) is 0 Å². The van der Waals surface area contributed by atoms with Crippen molar-refractivity contribution in [3.8, 4) is 0 Å². The van der Waals surface area contributed by atoms with Gasteiger partial charge in [-0.25, -0.2) is 0 Å². The van der Waals surface area contributed by atoms with Crippen molar-refractivity contribution in [2.75, 3.05) is 7.11 Å². The number of allylic oxidation sites excluding steroid dienone is 3. The molecule has 2 atom stereocenters. The van der Waals surface area contributed by atoms with Gasteiger partial charge in [0.1, 0.15) is 6.71 Å². The van der Waals surface area contributed by atoms with E-state index in [1.807, 2.05) is 7.11 Å². The van der Waals surface area contributed by atoms with Crippen molar-refractivity contribution in [2.24, 2.45) is 11.8 Å². The largest absolute Gasteiger partial charge is 0.501 e. The van der Waals surface area contributed by atoms with Crippen LogP contribution in [0, 0.1) is 11.8 Å². The van der Waals surface area contributed by atoms with Crippen molar-refractivity contribution in [1.29, 1.82) is 0 Å². The highest BCUT2D eigenvalue weighted by atomic mass is 16.5. The lowest BCUT2D eigenvalue weighted by atomic mass is 9.34. The minimum absolute atomic E-state index is 0.789. The van der Waals surface area contributed by atoms with Crippen molar-refractivity contribution in [3.05, 3.63) is 24.0 Å². The molecule has 0 N–H and O–H groups in total. The third-order valence-electron chi connectivity index (χ3n) is 4.18. The molecule has 1 heterocycles. The van der Waals surface area contributed by atoms with E-state index in [9.17, 15) is 0 Å². The number of fused-ring (bicyclic) bond motifs is 2. The Hall–Kier alpha value is -0.655. The summed E-state index contributed by atoms with van der Waals surface area (Å²) >= 11 is 0. The van der Waals surface area contributed by atoms with Gasteiger partial charge >= 0.3 is 0 Å². The number of ether oxygens (including phenoxy) is 1. The Balaban J connectivity index is 2.11. The zero-order valence-corrected chi connectivity index (χ0v) is 9.96. The average Bonchev–Trinajstić information content (AvgIpc) is 2.24. The Morgan fingerprint density at radius 2 is 2.33 bits per heavy atom. The molecule has 1 aliphatic heterocycles. The van der Waals surface area contributed by atoms with E-state index >= 15 is 0 Å². The maximum absolute atomic E-state index is 5.49. The monoisotopic (exact) mass is 204 g/mol. The molecule has 0 aromatic heterocycles. The van der Waals surface area contributed by atoms with Crippen LogP contribution < -0.4 is 0 Å². The second-order valence-corrected chi connectivity index (χ2v) is 5.17. The van der Waals surface area contributed by atoms with E-state index in [1.54, 1.807) is 0 Å². The molecule has 2 unspecified atom stereocenters. The normalized spacial score (nSPS) is 30.4. The van der Waals surface area contributed by atoms with Crippen LogP contribution in [-0.2, 0) is 4.74 Å². The molecule has 1 aliphatic carbocycles. The smallest absolute Gasteiger partial charge is 0.144 e. The first-order valence-corrected chi connectivity index (χ1v) is 6.09. The van der Waals surface area contributed by atoms with Gasteiger partial charge in [-0.3, -0.25) is 0 Å². The highest BCUT2D eigenvalue weighted by molar-refractivity contribution is 6.59. The van der Waals surface area contributed by atoms with E-state index in [4.69, 9.17) is 4.74 Å². The Morgan fingerprint density at radius 1 is 1.53 bits per heavy atom.